The van der Waals surface area contributed by atoms with Crippen LogP contribution in [0.3, 0.4) is 0 Å². The van der Waals surface area contributed by atoms with Crippen molar-refractivity contribution in [2.45, 2.75) is 0 Å². The minimum atomic E-state index is -3.95. The molecule has 0 atom stereocenters. The molecule has 0 fully saturated rings. The van der Waals surface area contributed by atoms with Gasteiger partial charge in [-0.2, -0.15) is 0 Å². The average Bonchev–Trinajstić information content (AvgIpc) is 3.44. The van der Waals surface area contributed by atoms with Gasteiger partial charge in [-0.1, -0.05) is 0 Å². The van der Waals surface area contributed by atoms with Crippen molar-refractivity contribution in [3.05, 3.63) is 58.1 Å². The van der Waals surface area contributed by atoms with Crippen molar-refractivity contribution in [1.29, 1.82) is 0 Å². The number of sulfonamides is 1. The van der Waals surface area contributed by atoms with Gasteiger partial charge in [-0.15, -0.1) is 0 Å². The van der Waals surface area contributed by atoms with Crippen molar-refractivity contribution in [1.82, 2.24) is 18.6 Å². The zero-order valence-corrected chi connectivity index (χ0v) is 20.3. The van der Waals surface area contributed by atoms with Gasteiger partial charge in [-0.05, 0) is 23.7 Å². The number of aromatic nitrogens is 4. The molecule has 34 heavy (non-hydrogen) atoms. The van der Waals surface area contributed by atoms with Gasteiger partial charge >= 0.3 is 0 Å². The maximum absolute atomic E-state index is 12.8. The van der Waals surface area contributed by atoms with Gasteiger partial charge in [0.25, 0.3) is 15.6 Å². The molecule has 0 spiro atoms. The van der Waals surface area contributed by atoms with Gasteiger partial charge in [0.2, 0.25) is 0 Å². The predicted octanol–water partition coefficient (Wildman–Crippen LogP) is 2.59. The van der Waals surface area contributed by atoms with Gasteiger partial charge in [-0.25, -0.2) is 27.0 Å². The number of ether oxygens (including phenoxy) is 3. The fourth-order valence-corrected chi connectivity index (χ4v) is 4.79. The molecule has 4 aromatic rings. The molecule has 0 aliphatic rings. The van der Waals surface area contributed by atoms with E-state index < -0.39 is 10.0 Å². The van der Waals surface area contributed by atoms with Crippen LogP contribution in [0.2, 0.25) is 0 Å². The molecule has 0 saturated heterocycles. The Balaban J connectivity index is 1.67. The number of methoxy groups -OCH3 is 3. The summed E-state index contributed by atoms with van der Waals surface area (Å²) in [4.78, 5) is 17.7. The highest BCUT2D eigenvalue weighted by Crippen LogP contribution is 2.35. The van der Waals surface area contributed by atoms with E-state index in [1.54, 1.807) is 31.4 Å². The summed E-state index contributed by atoms with van der Waals surface area (Å²) in [5, 5.41) is 0.988. The number of aryl methyl sites for hydroxylation is 1. The van der Waals surface area contributed by atoms with Crippen molar-refractivity contribution in [3.63, 3.8) is 0 Å². The first kappa shape index (κ1) is 23.3. The summed E-state index contributed by atoms with van der Waals surface area (Å²) in [6.45, 7) is 0. The van der Waals surface area contributed by atoms with Crippen molar-refractivity contribution < 1.29 is 22.6 Å². The molecular weight excluding hydrogens is 482 g/mol. The van der Waals surface area contributed by atoms with Crippen LogP contribution in [0, 0.1) is 0 Å². The number of nitrogens with one attached hydrogen (secondary N) is 1. The van der Waals surface area contributed by atoms with Gasteiger partial charge in [0.05, 0.1) is 55.3 Å². The van der Waals surface area contributed by atoms with E-state index >= 15 is 0 Å². The molecule has 3 aromatic heterocycles. The molecule has 1 aromatic carbocycles. The van der Waals surface area contributed by atoms with Crippen LogP contribution in [0.25, 0.3) is 22.2 Å². The van der Waals surface area contributed by atoms with Crippen LogP contribution >= 0.6 is 11.5 Å². The van der Waals surface area contributed by atoms with Crippen molar-refractivity contribution in [2.75, 3.05) is 26.1 Å². The summed E-state index contributed by atoms with van der Waals surface area (Å²) in [5.74, 6) is 1.26. The maximum Gasteiger partial charge on any atom is 0.277 e. The fourth-order valence-electron chi connectivity index (χ4n) is 3.34. The van der Waals surface area contributed by atoms with E-state index in [0.29, 0.717) is 38.9 Å². The van der Waals surface area contributed by atoms with Gasteiger partial charge in [-0.3, -0.25) is 9.52 Å². The Morgan fingerprint density at radius 1 is 1.12 bits per heavy atom. The molecule has 4 rings (SSSR count). The highest BCUT2D eigenvalue weighted by molar-refractivity contribution is 7.95. The molecule has 178 valence electrons. The molecule has 0 aliphatic heterocycles. The quantitative estimate of drug-likeness (QED) is 0.389. The molecule has 0 saturated carbocycles. The Hall–Kier alpha value is -3.84. The lowest BCUT2D eigenvalue weighted by atomic mass is 10.1. The van der Waals surface area contributed by atoms with E-state index in [-0.39, 0.29) is 11.2 Å². The number of rotatable bonds is 8. The van der Waals surface area contributed by atoms with Crippen LogP contribution in [0.4, 0.5) is 5.69 Å². The number of nitrogens with zero attached hydrogens (tertiary/aromatic N) is 4. The second kappa shape index (κ2) is 9.19. The van der Waals surface area contributed by atoms with Gasteiger partial charge < -0.3 is 14.2 Å². The van der Waals surface area contributed by atoms with Gasteiger partial charge in [0.15, 0.2) is 5.65 Å². The Morgan fingerprint density at radius 3 is 2.41 bits per heavy atom. The minimum absolute atomic E-state index is 0.173. The Labute approximate surface area is 199 Å². The van der Waals surface area contributed by atoms with Crippen LogP contribution in [-0.2, 0) is 17.1 Å². The first-order chi connectivity index (χ1) is 16.3. The number of hydrogen-bond acceptors (Lipinski definition) is 9. The summed E-state index contributed by atoms with van der Waals surface area (Å²) < 4.78 is 50.7. The Morgan fingerprint density at radius 2 is 1.82 bits per heavy atom. The number of benzene rings is 1. The largest absolute Gasteiger partial charge is 0.496 e. The summed E-state index contributed by atoms with van der Waals surface area (Å²) in [7, 11) is 2.05. The molecular formula is C21H21N5O6S2. The number of fused-ring (bicyclic) bond motifs is 1. The van der Waals surface area contributed by atoms with Crippen molar-refractivity contribution in [2.24, 2.45) is 7.05 Å². The van der Waals surface area contributed by atoms with Crippen LogP contribution in [0.5, 0.6) is 17.2 Å². The molecule has 0 unspecified atom stereocenters. The van der Waals surface area contributed by atoms with Crippen LogP contribution in [0.15, 0.2) is 47.0 Å². The average molecular weight is 504 g/mol. The monoisotopic (exact) mass is 503 g/mol. The van der Waals surface area contributed by atoms with E-state index in [9.17, 15) is 13.2 Å². The summed E-state index contributed by atoms with van der Waals surface area (Å²) in [6, 6.07) is 4.97. The summed E-state index contributed by atoms with van der Waals surface area (Å²) in [5.41, 5.74) is 1.12. The van der Waals surface area contributed by atoms with Gasteiger partial charge in [0, 0.05) is 25.4 Å². The lowest BCUT2D eigenvalue weighted by molar-refractivity contribution is 0.374. The molecule has 1 N–H and O–H groups in total. The van der Waals surface area contributed by atoms with E-state index in [0.717, 1.165) is 5.41 Å². The zero-order valence-electron chi connectivity index (χ0n) is 18.7. The first-order valence-electron chi connectivity index (χ1n) is 9.77. The van der Waals surface area contributed by atoms with Crippen molar-refractivity contribution in [3.8, 4) is 27.7 Å². The SMILES string of the molecule is COc1cc(OC)c(/C=C/S(=O)(=O)Nc2cnc3c(-c4ccns4)c(=O)n(C)n3c2)c(OC)c1. The third kappa shape index (κ3) is 4.34. The molecule has 0 amide bonds. The minimum Gasteiger partial charge on any atom is -0.496 e. The van der Waals surface area contributed by atoms with Crippen LogP contribution in [-0.4, -0.2) is 48.3 Å². The smallest absolute Gasteiger partial charge is 0.277 e. The maximum atomic E-state index is 12.8. The van der Waals surface area contributed by atoms with Crippen molar-refractivity contribution >= 4 is 39.0 Å². The Kier molecular flexibility index (Phi) is 6.30. The third-order valence-corrected chi connectivity index (χ3v) is 6.75. The van der Waals surface area contributed by atoms with E-state index in [1.165, 1.54) is 60.5 Å². The molecule has 0 bridgehead atoms. The topological polar surface area (TPSA) is 126 Å². The molecule has 11 nitrogen and oxygen atoms in total. The number of anilines is 1. The highest BCUT2D eigenvalue weighted by atomic mass is 32.2. The van der Waals surface area contributed by atoms with E-state index in [1.807, 2.05) is 0 Å². The van der Waals surface area contributed by atoms with Gasteiger partial charge in [0.1, 0.15) is 22.8 Å². The summed E-state index contributed by atoms with van der Waals surface area (Å²) in [6.07, 6.45) is 5.79. The van der Waals surface area contributed by atoms with Crippen LogP contribution < -0.4 is 24.5 Å². The molecule has 3 heterocycles. The molecule has 0 radical (unpaired) electrons. The second-order valence-electron chi connectivity index (χ2n) is 6.99. The fraction of sp³-hybridized carbons (Fsp3) is 0.190. The Bertz CT molecular complexity index is 1510. The zero-order chi connectivity index (χ0) is 24.5. The number of hydrogen-bond donors (Lipinski definition) is 1. The standard InChI is InChI=1S/C21H21N5O6S2/c1-25-21(27)19(18-5-7-23-33-18)20-22-11-13(12-26(20)25)24-34(28,29)8-6-15-16(31-3)9-14(30-2)10-17(15)32-4/h5-12,24H,1-4H3/b8-6+. The summed E-state index contributed by atoms with van der Waals surface area (Å²) >= 11 is 1.18. The third-order valence-electron chi connectivity index (χ3n) is 4.97. The lowest BCUT2D eigenvalue weighted by Crippen LogP contribution is -2.16. The van der Waals surface area contributed by atoms with E-state index in [4.69, 9.17) is 14.2 Å². The normalized spacial score (nSPS) is 11.8. The molecule has 0 aliphatic carbocycles. The first-order valence-corrected chi connectivity index (χ1v) is 12.1. The lowest BCUT2D eigenvalue weighted by Gasteiger charge is -2.12. The highest BCUT2D eigenvalue weighted by Gasteiger charge is 2.18. The molecule has 13 heteroatoms. The van der Waals surface area contributed by atoms with E-state index in [2.05, 4.69) is 14.1 Å². The predicted molar refractivity (Wildman–Crippen MR) is 129 cm³/mol. The van der Waals surface area contributed by atoms with Crippen LogP contribution in [0.1, 0.15) is 5.56 Å². The second-order valence-corrected chi connectivity index (χ2v) is 9.39.